The van der Waals surface area contributed by atoms with Gasteiger partial charge in [-0.05, 0) is 36.6 Å². The number of hydrogen-bond donors (Lipinski definition) is 0. The summed E-state index contributed by atoms with van der Waals surface area (Å²) in [6.07, 6.45) is -10.0. The van der Waals surface area contributed by atoms with E-state index < -0.39 is 37.3 Å². The van der Waals surface area contributed by atoms with Gasteiger partial charge >= 0.3 is 12.4 Å². The minimum atomic E-state index is -5.42. The van der Waals surface area contributed by atoms with Crippen LogP contribution in [-0.4, -0.2) is 42.9 Å². The Bertz CT molecular complexity index is 940. The molecule has 0 unspecified atom stereocenters. The van der Waals surface area contributed by atoms with Gasteiger partial charge in [-0.2, -0.15) is 26.3 Å². The fourth-order valence-corrected chi connectivity index (χ4v) is 4.03. The molecule has 0 aliphatic carbocycles. The molecule has 1 amide bonds. The van der Waals surface area contributed by atoms with Gasteiger partial charge in [-0.15, -0.1) is 0 Å². The summed E-state index contributed by atoms with van der Waals surface area (Å²) in [5, 5.41) is 0. The van der Waals surface area contributed by atoms with E-state index in [4.69, 9.17) is 0 Å². The largest absolute Gasteiger partial charge is 0.404 e. The smallest absolute Gasteiger partial charge is 0.355 e. The second-order valence-corrected chi connectivity index (χ2v) is 7.49. The van der Waals surface area contributed by atoms with Crippen molar-refractivity contribution in [2.75, 3.05) is 29.4 Å². The van der Waals surface area contributed by atoms with E-state index in [1.54, 1.807) is 4.90 Å². The normalized spacial score (nSPS) is 18.6. The van der Waals surface area contributed by atoms with Gasteiger partial charge in [0.25, 0.3) is 5.91 Å². The van der Waals surface area contributed by atoms with Crippen molar-refractivity contribution in [3.63, 3.8) is 0 Å². The van der Waals surface area contributed by atoms with E-state index in [9.17, 15) is 31.1 Å². The Morgan fingerprint density at radius 1 is 0.967 bits per heavy atom. The molecule has 2 aromatic rings. The molecule has 2 aliphatic rings. The number of benzene rings is 1. The average Bonchev–Trinajstić information content (AvgIpc) is 3.32. The van der Waals surface area contributed by atoms with Crippen molar-refractivity contribution in [1.29, 1.82) is 0 Å². The van der Waals surface area contributed by atoms with Crippen LogP contribution >= 0.6 is 0 Å². The summed E-state index contributed by atoms with van der Waals surface area (Å²) in [6.45, 7) is -1.19. The minimum absolute atomic E-state index is 0.0243. The first-order valence-electron chi connectivity index (χ1n) is 9.28. The third-order valence-electron chi connectivity index (χ3n) is 5.81. The lowest BCUT2D eigenvalue weighted by Gasteiger charge is -2.33. The Balaban J connectivity index is 1.53. The highest BCUT2D eigenvalue weighted by Crippen LogP contribution is 2.55. The topological polar surface area (TPSA) is 36.4 Å². The number of carbonyl (C=O) groups is 1. The van der Waals surface area contributed by atoms with Crippen LogP contribution in [0.5, 0.6) is 0 Å². The Labute approximate surface area is 168 Å². The number of pyridine rings is 1. The number of para-hydroxylation sites is 1. The predicted molar refractivity (Wildman–Crippen MR) is 97.4 cm³/mol. The van der Waals surface area contributed by atoms with Gasteiger partial charge < -0.3 is 9.80 Å². The van der Waals surface area contributed by atoms with E-state index >= 15 is 0 Å². The van der Waals surface area contributed by atoms with Crippen LogP contribution in [0.1, 0.15) is 22.3 Å². The highest BCUT2D eigenvalue weighted by Gasteiger charge is 2.72. The molecule has 1 aromatic heterocycles. The Morgan fingerprint density at radius 3 is 2.27 bits per heavy atom. The molecule has 1 fully saturated rings. The molecule has 0 radical (unpaired) electrons. The third-order valence-corrected chi connectivity index (χ3v) is 5.81. The Morgan fingerprint density at radius 2 is 1.67 bits per heavy atom. The number of rotatable bonds is 2. The number of fused-ring (bicyclic) bond motifs is 1. The third kappa shape index (κ3) is 3.18. The highest BCUT2D eigenvalue weighted by molar-refractivity contribution is 6.07. The quantitative estimate of drug-likeness (QED) is 0.655. The molecule has 4 rings (SSSR count). The molecule has 0 saturated carbocycles. The van der Waals surface area contributed by atoms with E-state index in [2.05, 4.69) is 4.98 Å². The van der Waals surface area contributed by atoms with E-state index in [-0.39, 0.29) is 17.3 Å². The monoisotopic (exact) mass is 429 g/mol. The zero-order valence-electron chi connectivity index (χ0n) is 15.6. The molecule has 3 heterocycles. The fraction of sp³-hybridized carbons (Fsp3) is 0.400. The van der Waals surface area contributed by atoms with Crippen molar-refractivity contribution in [1.82, 2.24) is 4.98 Å². The van der Waals surface area contributed by atoms with Gasteiger partial charge in [0.05, 0.1) is 5.56 Å². The zero-order chi connectivity index (χ0) is 21.7. The molecule has 0 bridgehead atoms. The van der Waals surface area contributed by atoms with Crippen LogP contribution in [0.2, 0.25) is 0 Å². The molecule has 1 saturated heterocycles. The highest BCUT2D eigenvalue weighted by atomic mass is 19.4. The van der Waals surface area contributed by atoms with Gasteiger partial charge in [0, 0.05) is 31.5 Å². The molecule has 160 valence electrons. The molecule has 0 atom stereocenters. The van der Waals surface area contributed by atoms with Gasteiger partial charge in [0.2, 0.25) is 0 Å². The first-order valence-corrected chi connectivity index (χ1v) is 9.28. The average molecular weight is 429 g/mol. The summed E-state index contributed by atoms with van der Waals surface area (Å²) in [7, 11) is 0. The summed E-state index contributed by atoms with van der Waals surface area (Å²) in [4.78, 5) is 19.3. The molecule has 4 nitrogen and oxygen atoms in total. The zero-order valence-corrected chi connectivity index (χ0v) is 15.6. The van der Waals surface area contributed by atoms with Crippen molar-refractivity contribution in [3.05, 3.63) is 53.7 Å². The predicted octanol–water partition coefficient (Wildman–Crippen LogP) is 4.61. The van der Waals surface area contributed by atoms with Crippen molar-refractivity contribution in [2.24, 2.45) is 5.41 Å². The van der Waals surface area contributed by atoms with Crippen molar-refractivity contribution >= 4 is 17.4 Å². The van der Waals surface area contributed by atoms with Crippen LogP contribution in [0, 0.1) is 5.41 Å². The summed E-state index contributed by atoms with van der Waals surface area (Å²) in [5.74, 6) is -0.343. The Kier molecular flexibility index (Phi) is 4.70. The first kappa shape index (κ1) is 20.5. The lowest BCUT2D eigenvalue weighted by Crippen LogP contribution is -2.51. The van der Waals surface area contributed by atoms with E-state index in [0.29, 0.717) is 13.0 Å². The van der Waals surface area contributed by atoms with Gasteiger partial charge in [-0.1, -0.05) is 18.2 Å². The van der Waals surface area contributed by atoms with Crippen molar-refractivity contribution in [3.8, 4) is 0 Å². The maximum absolute atomic E-state index is 13.2. The van der Waals surface area contributed by atoms with E-state index in [0.717, 1.165) is 16.2 Å². The van der Waals surface area contributed by atoms with Crippen LogP contribution < -0.4 is 9.80 Å². The number of nitrogens with zero attached hydrogens (tertiary/aromatic N) is 3. The van der Waals surface area contributed by atoms with Gasteiger partial charge in [-0.3, -0.25) is 4.79 Å². The number of amides is 1. The minimum Gasteiger partial charge on any atom is -0.355 e. The van der Waals surface area contributed by atoms with Crippen molar-refractivity contribution < 1.29 is 31.1 Å². The van der Waals surface area contributed by atoms with Crippen LogP contribution in [0.4, 0.5) is 37.8 Å². The molecular weight excluding hydrogens is 412 g/mol. The number of hydrogen-bond acceptors (Lipinski definition) is 3. The molecule has 1 aromatic carbocycles. The molecule has 0 N–H and O–H groups in total. The van der Waals surface area contributed by atoms with Crippen LogP contribution in [0.3, 0.4) is 0 Å². The summed E-state index contributed by atoms with van der Waals surface area (Å²) in [5.41, 5.74) is -1.75. The Hall–Kier alpha value is -2.78. The number of carbonyl (C=O) groups excluding carboxylic acids is 1. The van der Waals surface area contributed by atoms with Crippen LogP contribution in [0.25, 0.3) is 0 Å². The first-order chi connectivity index (χ1) is 14.0. The lowest BCUT2D eigenvalue weighted by molar-refractivity contribution is -0.332. The summed E-state index contributed by atoms with van der Waals surface area (Å²) < 4.78 is 79.5. The molecule has 0 spiro atoms. The number of alkyl halides is 6. The summed E-state index contributed by atoms with van der Waals surface area (Å²) in [6, 6.07) is 10.1. The standard InChI is InChI=1S/C20H17F6N3O/c21-19(22,23)18(20(24,25)26)8-10-28(12-18)16-6-5-14(11-27-16)17(30)29-9-7-13-3-1-2-4-15(13)29/h1-6,11H,7-10,12H2. The summed E-state index contributed by atoms with van der Waals surface area (Å²) >= 11 is 0. The van der Waals surface area contributed by atoms with Gasteiger partial charge in [-0.25, -0.2) is 4.98 Å². The van der Waals surface area contributed by atoms with Crippen molar-refractivity contribution in [2.45, 2.75) is 25.2 Å². The SMILES string of the molecule is O=C(c1ccc(N2CCC(C(F)(F)F)(C(F)(F)F)C2)nc1)N1CCc2ccccc21. The second-order valence-electron chi connectivity index (χ2n) is 7.49. The maximum atomic E-state index is 13.2. The van der Waals surface area contributed by atoms with Crippen LogP contribution in [-0.2, 0) is 6.42 Å². The molecular formula is C20H17F6N3O. The second kappa shape index (κ2) is 6.88. The molecule has 10 heteroatoms. The van der Waals surface area contributed by atoms with E-state index in [1.807, 2.05) is 24.3 Å². The number of halogens is 6. The van der Waals surface area contributed by atoms with E-state index in [1.165, 1.54) is 18.3 Å². The van der Waals surface area contributed by atoms with Gasteiger partial charge in [0.15, 0.2) is 5.41 Å². The maximum Gasteiger partial charge on any atom is 0.404 e. The molecule has 2 aliphatic heterocycles. The molecule has 30 heavy (non-hydrogen) atoms. The van der Waals surface area contributed by atoms with Gasteiger partial charge in [0.1, 0.15) is 5.82 Å². The van der Waals surface area contributed by atoms with Crippen LogP contribution in [0.15, 0.2) is 42.6 Å². The fourth-order valence-electron chi connectivity index (χ4n) is 4.03. The number of aromatic nitrogens is 1. The lowest BCUT2D eigenvalue weighted by atomic mass is 9.85. The number of anilines is 2.